The first-order chi connectivity index (χ1) is 4.92. The number of hydrogen-bond donors (Lipinski definition) is 2. The van der Waals surface area contributed by atoms with E-state index in [0.29, 0.717) is 0 Å². The maximum atomic E-state index is 9.16. The highest BCUT2D eigenvalue weighted by atomic mass is 32.1. The molecule has 1 nitrogen and oxygen atoms in total. The molecule has 11 heavy (non-hydrogen) atoms. The van der Waals surface area contributed by atoms with Crippen LogP contribution in [0.15, 0.2) is 12.2 Å². The monoisotopic (exact) mass is 170 g/mol. The van der Waals surface area contributed by atoms with Crippen LogP contribution in [0.4, 0.5) is 0 Å². The average Bonchev–Trinajstić information content (AvgIpc) is 1.78. The Hall–Kier alpha value is -0.390. The van der Waals surface area contributed by atoms with Crippen LogP contribution < -0.4 is 0 Å². The van der Waals surface area contributed by atoms with Crippen molar-refractivity contribution in [2.45, 2.75) is 31.6 Å². The summed E-state index contributed by atoms with van der Waals surface area (Å²) in [4.78, 5) is 0. The Balaban J connectivity index is 3.92. The molecule has 0 amide bonds. The van der Waals surface area contributed by atoms with E-state index < -0.39 is 5.60 Å². The van der Waals surface area contributed by atoms with Crippen LogP contribution in [0.25, 0.3) is 0 Å². The van der Waals surface area contributed by atoms with E-state index >= 15 is 0 Å². The van der Waals surface area contributed by atoms with Crippen LogP contribution in [-0.4, -0.2) is 16.0 Å². The number of aliphatic hydroxyl groups is 1. The van der Waals surface area contributed by atoms with Gasteiger partial charge in [-0.05, 0) is 26.8 Å². The van der Waals surface area contributed by atoms with Crippen molar-refractivity contribution in [1.82, 2.24) is 0 Å². The van der Waals surface area contributed by atoms with Gasteiger partial charge in [0, 0.05) is 5.25 Å². The lowest BCUT2D eigenvalue weighted by molar-refractivity contribution is 0.143. The van der Waals surface area contributed by atoms with Gasteiger partial charge in [0.05, 0.1) is 0 Å². The minimum absolute atomic E-state index is 0.214. The predicted molar refractivity (Wildman–Crippen MR) is 51.7 cm³/mol. The topological polar surface area (TPSA) is 20.2 Å². The van der Waals surface area contributed by atoms with Gasteiger partial charge in [0.2, 0.25) is 0 Å². The second kappa shape index (κ2) is 4.48. The van der Waals surface area contributed by atoms with Gasteiger partial charge in [0.15, 0.2) is 0 Å². The molecule has 0 radical (unpaired) electrons. The molecule has 0 spiro atoms. The van der Waals surface area contributed by atoms with Crippen molar-refractivity contribution in [3.8, 4) is 11.8 Å². The zero-order valence-electron chi connectivity index (χ0n) is 7.13. The van der Waals surface area contributed by atoms with Gasteiger partial charge in [-0.15, -0.1) is 0 Å². The molecule has 1 unspecified atom stereocenters. The molecule has 0 aromatic carbocycles. The number of thiol groups is 1. The molecule has 0 rings (SSSR count). The Morgan fingerprint density at radius 3 is 2.45 bits per heavy atom. The van der Waals surface area contributed by atoms with Crippen LogP contribution in [0, 0.1) is 11.8 Å². The molecule has 1 N–H and O–H groups in total. The number of allylic oxidation sites excluding steroid dienone is 1. The molecule has 0 saturated carbocycles. The molecular weight excluding hydrogens is 156 g/mol. The Bertz CT molecular complexity index is 188. The molecule has 0 aliphatic carbocycles. The van der Waals surface area contributed by atoms with Crippen LogP contribution in [0.3, 0.4) is 0 Å². The molecule has 0 aromatic rings. The van der Waals surface area contributed by atoms with Gasteiger partial charge in [-0.25, -0.2) is 0 Å². The van der Waals surface area contributed by atoms with Crippen molar-refractivity contribution >= 4 is 12.6 Å². The third-order valence-electron chi connectivity index (χ3n) is 0.836. The highest BCUT2D eigenvalue weighted by Crippen LogP contribution is 1.97. The van der Waals surface area contributed by atoms with Gasteiger partial charge in [-0.3, -0.25) is 0 Å². The molecule has 2 heteroatoms. The normalized spacial score (nSPS) is 14.3. The van der Waals surface area contributed by atoms with Gasteiger partial charge in [0.25, 0.3) is 0 Å². The maximum absolute atomic E-state index is 9.16. The molecule has 0 saturated heterocycles. The lowest BCUT2D eigenvalue weighted by Crippen LogP contribution is -2.14. The molecule has 0 heterocycles. The van der Waals surface area contributed by atoms with Crippen LogP contribution in [-0.2, 0) is 0 Å². The molecule has 0 aliphatic rings. The molecule has 0 aliphatic heterocycles. The number of hydrogen-bond acceptors (Lipinski definition) is 2. The minimum atomic E-state index is -0.899. The summed E-state index contributed by atoms with van der Waals surface area (Å²) in [5, 5.41) is 9.37. The van der Waals surface area contributed by atoms with Gasteiger partial charge in [-0.1, -0.05) is 17.9 Å². The summed E-state index contributed by atoms with van der Waals surface area (Å²) in [6, 6.07) is 0. The first-order valence-electron chi connectivity index (χ1n) is 3.51. The van der Waals surface area contributed by atoms with Gasteiger partial charge in [0.1, 0.15) is 5.60 Å². The van der Waals surface area contributed by atoms with Crippen molar-refractivity contribution in [3.63, 3.8) is 0 Å². The smallest absolute Gasteiger partial charge is 0.120 e. The number of rotatable bonds is 1. The molecule has 0 aromatic heterocycles. The molecule has 0 bridgehead atoms. The highest BCUT2D eigenvalue weighted by Gasteiger charge is 2.04. The van der Waals surface area contributed by atoms with Gasteiger partial charge < -0.3 is 5.11 Å². The second-order valence-electron chi connectivity index (χ2n) is 2.93. The molecular formula is C9H14OS. The second-order valence-corrected chi connectivity index (χ2v) is 3.74. The Morgan fingerprint density at radius 2 is 2.09 bits per heavy atom. The van der Waals surface area contributed by atoms with E-state index in [9.17, 15) is 0 Å². The van der Waals surface area contributed by atoms with E-state index in [0.717, 1.165) is 0 Å². The molecule has 62 valence electrons. The summed E-state index contributed by atoms with van der Waals surface area (Å²) in [6.45, 7) is 5.25. The fourth-order valence-electron chi connectivity index (χ4n) is 0.406. The lowest BCUT2D eigenvalue weighted by atomic mass is 10.1. The van der Waals surface area contributed by atoms with Crippen molar-refractivity contribution < 1.29 is 5.11 Å². The van der Waals surface area contributed by atoms with Crippen LogP contribution in [0.5, 0.6) is 0 Å². The third kappa shape index (κ3) is 9.61. The zero-order chi connectivity index (χ0) is 8.91. The highest BCUT2D eigenvalue weighted by molar-refractivity contribution is 7.81. The summed E-state index contributed by atoms with van der Waals surface area (Å²) in [7, 11) is 0. The molecule has 0 fully saturated rings. The minimum Gasteiger partial charge on any atom is -0.378 e. The predicted octanol–water partition coefficient (Wildman–Crippen LogP) is 1.64. The summed E-state index contributed by atoms with van der Waals surface area (Å²) in [6.07, 6.45) is 3.57. The Labute approximate surface area is 73.9 Å². The van der Waals surface area contributed by atoms with E-state index in [1.807, 2.05) is 13.0 Å². The largest absolute Gasteiger partial charge is 0.378 e. The summed E-state index contributed by atoms with van der Waals surface area (Å²) < 4.78 is 0. The van der Waals surface area contributed by atoms with E-state index in [1.165, 1.54) is 0 Å². The summed E-state index contributed by atoms with van der Waals surface area (Å²) in [5.74, 6) is 5.39. The first-order valence-corrected chi connectivity index (χ1v) is 4.03. The standard InChI is InChI=1S/C9H14OS/c1-8(11)6-4-5-7-9(2,3)10/h4,6,8,10-11H,1-3H3/b6-4+. The van der Waals surface area contributed by atoms with Crippen LogP contribution in [0.2, 0.25) is 0 Å². The maximum Gasteiger partial charge on any atom is 0.120 e. The van der Waals surface area contributed by atoms with Crippen molar-refractivity contribution in [2.24, 2.45) is 0 Å². The lowest BCUT2D eigenvalue weighted by Gasteiger charge is -2.05. The SMILES string of the molecule is CC(S)/C=C/C#CC(C)(C)O. The first kappa shape index (κ1) is 10.6. The fraction of sp³-hybridized carbons (Fsp3) is 0.556. The Kier molecular flexibility index (Phi) is 4.32. The quantitative estimate of drug-likeness (QED) is 0.453. The third-order valence-corrected chi connectivity index (χ3v) is 1.01. The van der Waals surface area contributed by atoms with Crippen LogP contribution >= 0.6 is 12.6 Å². The van der Waals surface area contributed by atoms with E-state index in [-0.39, 0.29) is 5.25 Å². The van der Waals surface area contributed by atoms with Crippen molar-refractivity contribution in [2.75, 3.05) is 0 Å². The molecule has 1 atom stereocenters. The van der Waals surface area contributed by atoms with Gasteiger partial charge >= 0.3 is 0 Å². The van der Waals surface area contributed by atoms with E-state index in [2.05, 4.69) is 24.5 Å². The van der Waals surface area contributed by atoms with E-state index in [4.69, 9.17) is 5.11 Å². The average molecular weight is 170 g/mol. The van der Waals surface area contributed by atoms with Crippen molar-refractivity contribution in [1.29, 1.82) is 0 Å². The summed E-state index contributed by atoms with van der Waals surface area (Å²) in [5.41, 5.74) is -0.899. The van der Waals surface area contributed by atoms with Gasteiger partial charge in [-0.2, -0.15) is 12.6 Å². The Morgan fingerprint density at radius 1 is 1.55 bits per heavy atom. The zero-order valence-corrected chi connectivity index (χ0v) is 8.02. The fourth-order valence-corrected chi connectivity index (χ4v) is 0.492. The van der Waals surface area contributed by atoms with E-state index in [1.54, 1.807) is 19.9 Å². The van der Waals surface area contributed by atoms with Crippen molar-refractivity contribution in [3.05, 3.63) is 12.2 Å². The van der Waals surface area contributed by atoms with Crippen LogP contribution in [0.1, 0.15) is 20.8 Å². The summed E-state index contributed by atoms with van der Waals surface area (Å²) >= 11 is 4.13.